The fraction of sp³-hybridized carbons (Fsp3) is 0.938. The molecule has 3 heterocycles. The molecule has 3 aliphatic rings. The monoisotopic (exact) mass is 344 g/mol. The summed E-state index contributed by atoms with van der Waals surface area (Å²) in [6, 6.07) is 0. The first-order valence-electron chi connectivity index (χ1n) is 8.88. The van der Waals surface area contributed by atoms with Gasteiger partial charge in [-0.25, -0.2) is 0 Å². The molecule has 3 aliphatic heterocycles. The zero-order valence-electron chi connectivity index (χ0n) is 14.1. The summed E-state index contributed by atoms with van der Waals surface area (Å²) in [4.78, 5) is 19.9. The number of nitrogens with zero attached hydrogens (tertiary/aromatic N) is 1. The van der Waals surface area contributed by atoms with E-state index in [1.165, 1.54) is 0 Å². The largest absolute Gasteiger partial charge is 0.342 e. The summed E-state index contributed by atoms with van der Waals surface area (Å²) in [7, 11) is 0. The Morgan fingerprint density at radius 2 is 1.96 bits per heavy atom. The van der Waals surface area contributed by atoms with Gasteiger partial charge in [-0.1, -0.05) is 13.8 Å². The minimum absolute atomic E-state index is 0.0404. The molecule has 0 aromatic carbocycles. The maximum absolute atomic E-state index is 12.1. The first-order chi connectivity index (χ1) is 11.0. The van der Waals surface area contributed by atoms with Crippen molar-refractivity contribution in [3.63, 3.8) is 0 Å². The molecule has 0 spiro atoms. The molecule has 6 nitrogen and oxygen atoms in total. The molecule has 0 aliphatic carbocycles. The second-order valence-corrected chi connectivity index (χ2v) is 7.85. The third kappa shape index (κ3) is 4.17. The predicted molar refractivity (Wildman–Crippen MR) is 89.4 cm³/mol. The van der Waals surface area contributed by atoms with Crippen molar-refractivity contribution >= 4 is 17.5 Å². The molecule has 0 aromatic heterocycles. The van der Waals surface area contributed by atoms with Gasteiger partial charge < -0.3 is 10.2 Å². The Hall–Kier alpha value is -0.400. The van der Waals surface area contributed by atoms with E-state index in [9.17, 15) is 4.79 Å². The van der Waals surface area contributed by atoms with Crippen LogP contribution >= 0.6 is 11.6 Å². The third-order valence-corrected chi connectivity index (χ3v) is 5.63. The van der Waals surface area contributed by atoms with E-state index in [4.69, 9.17) is 16.4 Å². The van der Waals surface area contributed by atoms with Crippen LogP contribution in [0, 0.1) is 17.8 Å². The Kier molecular flexibility index (Phi) is 5.80. The van der Waals surface area contributed by atoms with Crippen molar-refractivity contribution < 1.29 is 9.63 Å². The fourth-order valence-electron chi connectivity index (χ4n) is 3.84. The van der Waals surface area contributed by atoms with Gasteiger partial charge in [0.05, 0.1) is 11.7 Å². The number of carbonyl (C=O) groups excluding carboxylic acids is 1. The third-order valence-electron chi connectivity index (χ3n) is 5.30. The van der Waals surface area contributed by atoms with E-state index in [0.717, 1.165) is 45.3 Å². The quantitative estimate of drug-likeness (QED) is 0.531. The number of halogens is 1. The standard InChI is InChI=1S/C16H29ClN4O2/c1-10(2)16(22)21-7-4-11(5-8-21)14-19-15(23-20-14)12-3-6-18-13(17)9-12/h10-15,18-20H,3-9H2,1-2H3. The number of carbonyl (C=O) groups is 1. The van der Waals surface area contributed by atoms with E-state index in [1.807, 2.05) is 18.7 Å². The second-order valence-electron chi connectivity index (χ2n) is 7.32. The first kappa shape index (κ1) is 17.4. The lowest BCUT2D eigenvalue weighted by atomic mass is 9.92. The van der Waals surface area contributed by atoms with Gasteiger partial charge in [-0.15, -0.1) is 11.6 Å². The van der Waals surface area contributed by atoms with Crippen molar-refractivity contribution in [3.05, 3.63) is 0 Å². The zero-order chi connectivity index (χ0) is 16.4. The Morgan fingerprint density at radius 1 is 1.22 bits per heavy atom. The highest BCUT2D eigenvalue weighted by molar-refractivity contribution is 6.20. The molecule has 1 amide bonds. The normalized spacial score (nSPS) is 36.6. The molecular formula is C16H29ClN4O2. The van der Waals surface area contributed by atoms with Crippen LogP contribution in [0.25, 0.3) is 0 Å². The molecule has 23 heavy (non-hydrogen) atoms. The van der Waals surface area contributed by atoms with E-state index in [0.29, 0.717) is 11.8 Å². The van der Waals surface area contributed by atoms with E-state index in [2.05, 4.69) is 16.1 Å². The number of rotatable bonds is 3. The molecular weight excluding hydrogens is 316 g/mol. The summed E-state index contributed by atoms with van der Waals surface area (Å²) in [5.74, 6) is 1.31. The summed E-state index contributed by atoms with van der Waals surface area (Å²) in [6.07, 6.45) is 4.26. The van der Waals surface area contributed by atoms with Crippen LogP contribution in [0.5, 0.6) is 0 Å². The van der Waals surface area contributed by atoms with Gasteiger partial charge in [-0.05, 0) is 38.1 Å². The van der Waals surface area contributed by atoms with Gasteiger partial charge >= 0.3 is 0 Å². The molecule has 7 heteroatoms. The van der Waals surface area contributed by atoms with Crippen molar-refractivity contribution in [1.29, 1.82) is 0 Å². The van der Waals surface area contributed by atoms with Crippen molar-refractivity contribution in [1.82, 2.24) is 21.0 Å². The first-order valence-corrected chi connectivity index (χ1v) is 9.31. The van der Waals surface area contributed by atoms with Crippen LogP contribution in [0.15, 0.2) is 0 Å². The molecule has 0 saturated carbocycles. The van der Waals surface area contributed by atoms with Gasteiger partial charge in [0, 0.05) is 24.9 Å². The molecule has 3 rings (SSSR count). The highest BCUT2D eigenvalue weighted by Gasteiger charge is 2.38. The van der Waals surface area contributed by atoms with E-state index in [-0.39, 0.29) is 29.7 Å². The Bertz CT molecular complexity index is 415. The van der Waals surface area contributed by atoms with Crippen molar-refractivity contribution in [2.45, 2.75) is 57.4 Å². The molecule has 0 aromatic rings. The van der Waals surface area contributed by atoms with Crippen LogP contribution in [0.2, 0.25) is 0 Å². The van der Waals surface area contributed by atoms with Gasteiger partial charge in [0.25, 0.3) is 0 Å². The summed E-state index contributed by atoms with van der Waals surface area (Å²) in [6.45, 7) is 6.58. The maximum Gasteiger partial charge on any atom is 0.225 e. The lowest BCUT2D eigenvalue weighted by Crippen LogP contribution is -2.49. The number of hydrogen-bond acceptors (Lipinski definition) is 5. The maximum atomic E-state index is 12.1. The molecule has 4 atom stereocenters. The Labute approximate surface area is 143 Å². The summed E-state index contributed by atoms with van der Waals surface area (Å²) in [5, 5.41) is 6.85. The number of nitrogens with one attached hydrogen (secondary N) is 3. The van der Waals surface area contributed by atoms with Crippen molar-refractivity contribution in [2.75, 3.05) is 19.6 Å². The molecule has 0 bridgehead atoms. The average molecular weight is 345 g/mol. The minimum atomic E-state index is 0.0404. The number of alkyl halides is 1. The van der Waals surface area contributed by atoms with E-state index < -0.39 is 0 Å². The highest BCUT2D eigenvalue weighted by atomic mass is 35.5. The topological polar surface area (TPSA) is 65.6 Å². The predicted octanol–water partition coefficient (Wildman–Crippen LogP) is 1.22. The minimum Gasteiger partial charge on any atom is -0.342 e. The van der Waals surface area contributed by atoms with Crippen LogP contribution in [-0.4, -0.2) is 48.3 Å². The van der Waals surface area contributed by atoms with Gasteiger partial charge in [-0.2, -0.15) is 5.48 Å². The van der Waals surface area contributed by atoms with Gasteiger partial charge in [0.2, 0.25) is 5.91 Å². The fourth-order valence-corrected chi connectivity index (χ4v) is 4.18. The van der Waals surface area contributed by atoms with Crippen molar-refractivity contribution in [3.8, 4) is 0 Å². The molecule has 132 valence electrons. The van der Waals surface area contributed by atoms with Crippen molar-refractivity contribution in [2.24, 2.45) is 17.8 Å². The smallest absolute Gasteiger partial charge is 0.225 e. The summed E-state index contributed by atoms with van der Waals surface area (Å²) in [5.41, 5.74) is 3.22. The van der Waals surface area contributed by atoms with Crippen LogP contribution in [0.3, 0.4) is 0 Å². The van der Waals surface area contributed by atoms with Crippen LogP contribution < -0.4 is 16.1 Å². The average Bonchev–Trinajstić information content (AvgIpc) is 3.04. The number of hydroxylamine groups is 1. The number of hydrogen-bond donors (Lipinski definition) is 3. The molecule has 4 unspecified atom stereocenters. The Balaban J connectivity index is 1.46. The number of amides is 1. The van der Waals surface area contributed by atoms with Crippen LogP contribution in [0.4, 0.5) is 0 Å². The molecule has 3 saturated heterocycles. The summed E-state index contributed by atoms with van der Waals surface area (Å²) < 4.78 is 0. The van der Waals surface area contributed by atoms with Gasteiger partial charge in [-0.3, -0.25) is 14.9 Å². The Morgan fingerprint density at radius 3 is 2.61 bits per heavy atom. The lowest BCUT2D eigenvalue weighted by Gasteiger charge is -2.35. The van der Waals surface area contributed by atoms with Crippen LogP contribution in [-0.2, 0) is 9.63 Å². The summed E-state index contributed by atoms with van der Waals surface area (Å²) >= 11 is 6.19. The number of likely N-dealkylation sites (tertiary alicyclic amines) is 1. The zero-order valence-corrected chi connectivity index (χ0v) is 14.8. The van der Waals surface area contributed by atoms with Gasteiger partial charge in [0.1, 0.15) is 6.23 Å². The van der Waals surface area contributed by atoms with Crippen LogP contribution in [0.1, 0.15) is 39.5 Å². The second kappa shape index (κ2) is 7.66. The highest BCUT2D eigenvalue weighted by Crippen LogP contribution is 2.28. The molecule has 3 N–H and O–H groups in total. The SMILES string of the molecule is CC(C)C(=O)N1CCC(C2NOC(C3CCNC(Cl)C3)N2)CC1. The van der Waals surface area contributed by atoms with E-state index in [1.54, 1.807) is 0 Å². The van der Waals surface area contributed by atoms with Gasteiger partial charge in [0.15, 0.2) is 0 Å². The van der Waals surface area contributed by atoms with E-state index >= 15 is 0 Å². The molecule has 0 radical (unpaired) electrons. The number of piperidine rings is 2. The lowest BCUT2D eigenvalue weighted by molar-refractivity contribution is -0.136. The molecule has 3 fully saturated rings.